The Labute approximate surface area is 110 Å². The molecular weight excluding hydrogens is 224 g/mol. The van der Waals surface area contributed by atoms with Gasteiger partial charge in [-0.05, 0) is 31.9 Å². The van der Waals surface area contributed by atoms with Crippen LogP contribution in [0.3, 0.4) is 0 Å². The van der Waals surface area contributed by atoms with Crippen LogP contribution in [-0.4, -0.2) is 43.8 Å². The molecule has 1 aromatic carbocycles. The van der Waals surface area contributed by atoms with Gasteiger partial charge in [0.2, 0.25) is 0 Å². The Bertz CT molecular complexity index is 336. The summed E-state index contributed by atoms with van der Waals surface area (Å²) < 4.78 is 5.39. The van der Waals surface area contributed by atoms with E-state index in [1.807, 2.05) is 6.07 Å². The van der Waals surface area contributed by atoms with Gasteiger partial charge in [-0.3, -0.25) is 0 Å². The molecule has 2 N–H and O–H groups in total. The van der Waals surface area contributed by atoms with Gasteiger partial charge in [-0.1, -0.05) is 30.3 Å². The highest BCUT2D eigenvalue weighted by molar-refractivity contribution is 5.15. The molecule has 1 atom stereocenters. The number of rotatable bonds is 5. The van der Waals surface area contributed by atoms with Crippen LogP contribution >= 0.6 is 0 Å². The molecule has 1 aromatic rings. The fourth-order valence-electron chi connectivity index (χ4n) is 2.63. The van der Waals surface area contributed by atoms with E-state index >= 15 is 0 Å². The van der Waals surface area contributed by atoms with Gasteiger partial charge < -0.3 is 15.4 Å². The van der Waals surface area contributed by atoms with Crippen molar-refractivity contribution in [1.29, 1.82) is 0 Å². The zero-order valence-electron chi connectivity index (χ0n) is 11.2. The molecule has 0 aliphatic carbocycles. The minimum atomic E-state index is 0.209. The van der Waals surface area contributed by atoms with E-state index in [0.717, 1.165) is 39.0 Å². The lowest BCUT2D eigenvalue weighted by Gasteiger charge is -2.32. The molecule has 1 aliphatic rings. The summed E-state index contributed by atoms with van der Waals surface area (Å²) in [5, 5.41) is 0. The van der Waals surface area contributed by atoms with Gasteiger partial charge in [0, 0.05) is 31.8 Å². The Kier molecular flexibility index (Phi) is 5.17. The van der Waals surface area contributed by atoms with Crippen molar-refractivity contribution in [1.82, 2.24) is 4.90 Å². The quantitative estimate of drug-likeness (QED) is 0.861. The van der Waals surface area contributed by atoms with E-state index in [-0.39, 0.29) is 6.04 Å². The van der Waals surface area contributed by atoms with Crippen molar-refractivity contribution in [2.45, 2.75) is 31.3 Å². The first-order chi connectivity index (χ1) is 8.75. The normalized spacial score (nSPS) is 19.1. The largest absolute Gasteiger partial charge is 0.381 e. The van der Waals surface area contributed by atoms with E-state index in [9.17, 15) is 0 Å². The number of likely N-dealkylation sites (N-methyl/N-ethyl adjacent to an activating group) is 1. The predicted molar refractivity (Wildman–Crippen MR) is 74.6 cm³/mol. The van der Waals surface area contributed by atoms with Crippen molar-refractivity contribution in [3.63, 3.8) is 0 Å². The zero-order chi connectivity index (χ0) is 12.8. The van der Waals surface area contributed by atoms with Crippen LogP contribution in [0.5, 0.6) is 0 Å². The second kappa shape index (κ2) is 6.88. The molecule has 2 rings (SSSR count). The summed E-state index contributed by atoms with van der Waals surface area (Å²) in [5.41, 5.74) is 7.56. The van der Waals surface area contributed by atoms with E-state index in [4.69, 9.17) is 10.5 Å². The fourth-order valence-corrected chi connectivity index (χ4v) is 2.63. The third-order valence-electron chi connectivity index (χ3n) is 3.68. The Morgan fingerprint density at radius 2 is 1.94 bits per heavy atom. The van der Waals surface area contributed by atoms with E-state index in [1.54, 1.807) is 0 Å². The van der Waals surface area contributed by atoms with Crippen molar-refractivity contribution in [2.75, 3.05) is 26.8 Å². The van der Waals surface area contributed by atoms with Gasteiger partial charge in [0.15, 0.2) is 0 Å². The molecule has 0 aromatic heterocycles. The highest BCUT2D eigenvalue weighted by Crippen LogP contribution is 2.13. The molecule has 1 unspecified atom stereocenters. The van der Waals surface area contributed by atoms with Crippen molar-refractivity contribution < 1.29 is 4.74 Å². The van der Waals surface area contributed by atoms with Gasteiger partial charge in [0.1, 0.15) is 0 Å². The van der Waals surface area contributed by atoms with E-state index in [0.29, 0.717) is 6.04 Å². The van der Waals surface area contributed by atoms with E-state index in [2.05, 4.69) is 36.2 Å². The van der Waals surface area contributed by atoms with Gasteiger partial charge in [0.25, 0.3) is 0 Å². The lowest BCUT2D eigenvalue weighted by Crippen LogP contribution is -2.44. The first kappa shape index (κ1) is 13.5. The maximum absolute atomic E-state index is 6.24. The average Bonchev–Trinajstić information content (AvgIpc) is 2.40. The summed E-state index contributed by atoms with van der Waals surface area (Å²) in [6.45, 7) is 2.74. The fraction of sp³-hybridized carbons (Fsp3) is 0.600. The van der Waals surface area contributed by atoms with Crippen LogP contribution in [0.25, 0.3) is 0 Å². The molecule has 100 valence electrons. The second-order valence-corrected chi connectivity index (χ2v) is 5.23. The molecule has 0 radical (unpaired) electrons. The molecule has 1 saturated heterocycles. The molecule has 0 spiro atoms. The first-order valence-corrected chi connectivity index (χ1v) is 6.83. The molecule has 3 heteroatoms. The molecule has 1 heterocycles. The number of ether oxygens (including phenoxy) is 1. The van der Waals surface area contributed by atoms with Crippen molar-refractivity contribution >= 4 is 0 Å². The van der Waals surface area contributed by atoms with Gasteiger partial charge in [-0.2, -0.15) is 0 Å². The maximum atomic E-state index is 6.24. The minimum Gasteiger partial charge on any atom is -0.381 e. The summed E-state index contributed by atoms with van der Waals surface area (Å²) in [5.74, 6) is 0. The molecule has 18 heavy (non-hydrogen) atoms. The highest BCUT2D eigenvalue weighted by Gasteiger charge is 2.19. The summed E-state index contributed by atoms with van der Waals surface area (Å²) in [6, 6.07) is 11.3. The van der Waals surface area contributed by atoms with Crippen molar-refractivity contribution in [2.24, 2.45) is 5.73 Å². The summed E-state index contributed by atoms with van der Waals surface area (Å²) >= 11 is 0. The Hall–Kier alpha value is -0.900. The first-order valence-electron chi connectivity index (χ1n) is 6.83. The maximum Gasteiger partial charge on any atom is 0.0480 e. The molecule has 0 amide bonds. The third-order valence-corrected chi connectivity index (χ3v) is 3.68. The molecule has 1 aliphatic heterocycles. The summed E-state index contributed by atoms with van der Waals surface area (Å²) in [4.78, 5) is 2.40. The van der Waals surface area contributed by atoms with Crippen LogP contribution in [0.4, 0.5) is 0 Å². The van der Waals surface area contributed by atoms with Gasteiger partial charge >= 0.3 is 0 Å². The number of hydrogen-bond donors (Lipinski definition) is 1. The number of nitrogens with zero attached hydrogens (tertiary/aromatic N) is 1. The van der Waals surface area contributed by atoms with Gasteiger partial charge in [-0.25, -0.2) is 0 Å². The summed E-state index contributed by atoms with van der Waals surface area (Å²) in [6.07, 6.45) is 3.22. The minimum absolute atomic E-state index is 0.209. The van der Waals surface area contributed by atoms with Crippen LogP contribution < -0.4 is 5.73 Å². The molecule has 1 fully saturated rings. The topological polar surface area (TPSA) is 38.5 Å². The highest BCUT2D eigenvalue weighted by atomic mass is 16.5. The van der Waals surface area contributed by atoms with Crippen molar-refractivity contribution in [3.8, 4) is 0 Å². The number of benzene rings is 1. The second-order valence-electron chi connectivity index (χ2n) is 5.23. The van der Waals surface area contributed by atoms with Gasteiger partial charge in [-0.15, -0.1) is 0 Å². The predicted octanol–water partition coefficient (Wildman–Crippen LogP) is 1.67. The summed E-state index contributed by atoms with van der Waals surface area (Å²) in [7, 11) is 2.18. The molecular formula is C15H24N2O. The number of nitrogens with two attached hydrogens (primary N) is 1. The van der Waals surface area contributed by atoms with Crippen LogP contribution in [0.15, 0.2) is 30.3 Å². The van der Waals surface area contributed by atoms with Crippen molar-refractivity contribution in [3.05, 3.63) is 35.9 Å². The smallest absolute Gasteiger partial charge is 0.0480 e. The Morgan fingerprint density at radius 3 is 2.61 bits per heavy atom. The van der Waals surface area contributed by atoms with Crippen LogP contribution in [-0.2, 0) is 11.2 Å². The SMILES string of the molecule is CN(CC(N)Cc1ccccc1)C1CCOCC1. The molecule has 3 nitrogen and oxygen atoms in total. The Balaban J connectivity index is 1.77. The monoisotopic (exact) mass is 248 g/mol. The molecule has 0 bridgehead atoms. The van der Waals surface area contributed by atoms with Crippen LogP contribution in [0, 0.1) is 0 Å². The lowest BCUT2D eigenvalue weighted by molar-refractivity contribution is 0.0414. The average molecular weight is 248 g/mol. The number of hydrogen-bond acceptors (Lipinski definition) is 3. The lowest BCUT2D eigenvalue weighted by atomic mass is 10.0. The standard InChI is InChI=1S/C15H24N2O/c1-17(15-7-9-18-10-8-15)12-14(16)11-13-5-3-2-4-6-13/h2-6,14-15H,7-12,16H2,1H3. The third kappa shape index (κ3) is 4.09. The van der Waals surface area contributed by atoms with Crippen LogP contribution in [0.2, 0.25) is 0 Å². The van der Waals surface area contributed by atoms with Crippen LogP contribution in [0.1, 0.15) is 18.4 Å². The van der Waals surface area contributed by atoms with E-state index < -0.39 is 0 Å². The van der Waals surface area contributed by atoms with E-state index in [1.165, 1.54) is 5.56 Å². The zero-order valence-corrected chi connectivity index (χ0v) is 11.2. The Morgan fingerprint density at radius 1 is 1.28 bits per heavy atom. The van der Waals surface area contributed by atoms with Gasteiger partial charge in [0.05, 0.1) is 0 Å². The molecule has 0 saturated carbocycles.